The second-order valence-electron chi connectivity index (χ2n) is 5.10. The van der Waals surface area contributed by atoms with E-state index in [2.05, 4.69) is 0 Å². The smallest absolute Gasteiger partial charge is 0.308 e. The minimum atomic E-state index is -3.82. The summed E-state index contributed by atoms with van der Waals surface area (Å²) in [4.78, 5) is 24.6. The Balaban J connectivity index is 2.22. The van der Waals surface area contributed by atoms with E-state index in [1.807, 2.05) is 0 Å². The highest BCUT2D eigenvalue weighted by molar-refractivity contribution is 7.89. The molecule has 0 aromatic heterocycles. The fourth-order valence-electron chi connectivity index (χ4n) is 2.43. The lowest BCUT2D eigenvalue weighted by atomic mass is 10.1. The van der Waals surface area contributed by atoms with Crippen molar-refractivity contribution in [2.45, 2.75) is 18.2 Å². The molecule has 1 atom stereocenters. The van der Waals surface area contributed by atoms with Gasteiger partial charge in [0.05, 0.1) is 10.8 Å². The standard InChI is InChI=1S/C13H16N2O5S/c1-8-6-9(2-3-11(8)21(14,19)20)12(16)15-5-4-10(7-15)13(17)18/h2-3,6,10H,4-5,7H2,1H3,(H,17,18)(H2,14,19,20)/t10-/m1/s1. The summed E-state index contributed by atoms with van der Waals surface area (Å²) in [6, 6.07) is 4.14. The number of likely N-dealkylation sites (tertiary alicyclic amines) is 1. The molecule has 1 fully saturated rings. The lowest BCUT2D eigenvalue weighted by Gasteiger charge is -2.16. The number of hydrogen-bond acceptors (Lipinski definition) is 4. The first kappa shape index (κ1) is 15.5. The van der Waals surface area contributed by atoms with Gasteiger partial charge >= 0.3 is 5.97 Å². The van der Waals surface area contributed by atoms with E-state index in [1.165, 1.54) is 23.1 Å². The van der Waals surface area contributed by atoms with Crippen LogP contribution >= 0.6 is 0 Å². The number of benzene rings is 1. The zero-order valence-corrected chi connectivity index (χ0v) is 12.3. The van der Waals surface area contributed by atoms with Crippen molar-refractivity contribution in [3.63, 3.8) is 0 Å². The largest absolute Gasteiger partial charge is 0.481 e. The van der Waals surface area contributed by atoms with Gasteiger partial charge in [-0.2, -0.15) is 0 Å². The van der Waals surface area contributed by atoms with Crippen molar-refractivity contribution in [1.29, 1.82) is 0 Å². The van der Waals surface area contributed by atoms with Crippen molar-refractivity contribution in [1.82, 2.24) is 4.90 Å². The molecular weight excluding hydrogens is 296 g/mol. The van der Waals surface area contributed by atoms with Crippen LogP contribution in [0.4, 0.5) is 0 Å². The lowest BCUT2D eigenvalue weighted by Crippen LogP contribution is -2.30. The summed E-state index contributed by atoms with van der Waals surface area (Å²) in [5, 5.41) is 14.0. The highest BCUT2D eigenvalue weighted by Gasteiger charge is 2.31. The molecule has 0 bridgehead atoms. The SMILES string of the molecule is Cc1cc(C(=O)N2CC[C@@H](C(=O)O)C2)ccc1S(N)(=O)=O. The molecule has 3 N–H and O–H groups in total. The molecule has 1 aliphatic heterocycles. The Kier molecular flexibility index (Phi) is 4.02. The number of nitrogens with two attached hydrogens (primary N) is 1. The number of aryl methyl sites for hydroxylation is 1. The summed E-state index contributed by atoms with van der Waals surface area (Å²) >= 11 is 0. The van der Waals surface area contributed by atoms with Gasteiger partial charge in [0.2, 0.25) is 10.0 Å². The van der Waals surface area contributed by atoms with Crippen molar-refractivity contribution in [2.75, 3.05) is 13.1 Å². The second kappa shape index (κ2) is 5.45. The Bertz CT molecular complexity index is 699. The molecule has 1 amide bonds. The van der Waals surface area contributed by atoms with Crippen molar-refractivity contribution >= 4 is 21.9 Å². The molecule has 1 heterocycles. The Morgan fingerprint density at radius 1 is 1.38 bits per heavy atom. The Morgan fingerprint density at radius 3 is 2.52 bits per heavy atom. The molecule has 0 unspecified atom stereocenters. The van der Waals surface area contributed by atoms with Crippen LogP contribution < -0.4 is 5.14 Å². The average molecular weight is 312 g/mol. The van der Waals surface area contributed by atoms with E-state index in [-0.39, 0.29) is 17.3 Å². The van der Waals surface area contributed by atoms with Crippen LogP contribution in [-0.4, -0.2) is 43.4 Å². The number of carboxylic acids is 1. The summed E-state index contributed by atoms with van der Waals surface area (Å²) in [6.07, 6.45) is 0.426. The van der Waals surface area contributed by atoms with Crippen LogP contribution in [0.25, 0.3) is 0 Å². The third-order valence-electron chi connectivity index (χ3n) is 3.55. The van der Waals surface area contributed by atoms with Gasteiger partial charge in [0.1, 0.15) is 0 Å². The second-order valence-corrected chi connectivity index (χ2v) is 6.63. The number of rotatable bonds is 3. The molecular formula is C13H16N2O5S. The third-order valence-corrected chi connectivity index (χ3v) is 4.62. The molecule has 7 nitrogen and oxygen atoms in total. The van der Waals surface area contributed by atoms with Crippen LogP contribution in [0.5, 0.6) is 0 Å². The fourth-order valence-corrected chi connectivity index (χ4v) is 3.20. The van der Waals surface area contributed by atoms with E-state index in [4.69, 9.17) is 10.2 Å². The molecule has 0 spiro atoms. The number of primary sulfonamides is 1. The fraction of sp³-hybridized carbons (Fsp3) is 0.385. The Hall–Kier alpha value is -1.93. The van der Waals surface area contributed by atoms with E-state index < -0.39 is 21.9 Å². The molecule has 1 aliphatic rings. The predicted molar refractivity (Wildman–Crippen MR) is 74.2 cm³/mol. The topological polar surface area (TPSA) is 118 Å². The molecule has 0 saturated carbocycles. The van der Waals surface area contributed by atoms with Gasteiger partial charge in [0.25, 0.3) is 5.91 Å². The first-order valence-electron chi connectivity index (χ1n) is 6.35. The van der Waals surface area contributed by atoms with E-state index in [9.17, 15) is 18.0 Å². The molecule has 21 heavy (non-hydrogen) atoms. The predicted octanol–water partition coefficient (Wildman–Crippen LogP) is 0.189. The van der Waals surface area contributed by atoms with Crippen LogP contribution in [0, 0.1) is 12.8 Å². The van der Waals surface area contributed by atoms with Gasteiger partial charge in [-0.3, -0.25) is 9.59 Å². The maximum Gasteiger partial charge on any atom is 0.308 e. The van der Waals surface area contributed by atoms with Crippen LogP contribution in [-0.2, 0) is 14.8 Å². The molecule has 0 radical (unpaired) electrons. The van der Waals surface area contributed by atoms with E-state index >= 15 is 0 Å². The van der Waals surface area contributed by atoms with Gasteiger partial charge < -0.3 is 10.0 Å². The van der Waals surface area contributed by atoms with E-state index in [0.717, 1.165) is 0 Å². The number of amides is 1. The summed E-state index contributed by atoms with van der Waals surface area (Å²) in [5.41, 5.74) is 0.711. The van der Waals surface area contributed by atoms with Crippen LogP contribution in [0.15, 0.2) is 23.1 Å². The summed E-state index contributed by atoms with van der Waals surface area (Å²) in [6.45, 7) is 2.11. The van der Waals surface area contributed by atoms with Crippen molar-refractivity contribution in [2.24, 2.45) is 11.1 Å². The molecule has 0 aliphatic carbocycles. The zero-order chi connectivity index (χ0) is 15.8. The first-order valence-corrected chi connectivity index (χ1v) is 7.90. The quantitative estimate of drug-likeness (QED) is 0.826. The van der Waals surface area contributed by atoms with Gasteiger partial charge in [0.15, 0.2) is 0 Å². The number of sulfonamides is 1. The van der Waals surface area contributed by atoms with Gasteiger partial charge in [-0.1, -0.05) is 0 Å². The minimum Gasteiger partial charge on any atom is -0.481 e. The molecule has 1 aromatic carbocycles. The summed E-state index contributed by atoms with van der Waals surface area (Å²) < 4.78 is 22.7. The zero-order valence-electron chi connectivity index (χ0n) is 11.4. The maximum absolute atomic E-state index is 12.3. The van der Waals surface area contributed by atoms with E-state index in [1.54, 1.807) is 6.92 Å². The number of aliphatic carboxylic acids is 1. The number of carbonyl (C=O) groups is 2. The van der Waals surface area contributed by atoms with Crippen LogP contribution in [0.3, 0.4) is 0 Å². The summed E-state index contributed by atoms with van der Waals surface area (Å²) in [5.74, 6) is -1.76. The number of carbonyl (C=O) groups excluding carboxylic acids is 1. The van der Waals surface area contributed by atoms with Crippen molar-refractivity contribution < 1.29 is 23.1 Å². The summed E-state index contributed by atoms with van der Waals surface area (Å²) in [7, 11) is -3.82. The number of carboxylic acid groups (broad SMARTS) is 1. The number of nitrogens with zero attached hydrogens (tertiary/aromatic N) is 1. The van der Waals surface area contributed by atoms with Crippen molar-refractivity contribution in [3.8, 4) is 0 Å². The average Bonchev–Trinajstić information content (AvgIpc) is 2.85. The van der Waals surface area contributed by atoms with Crippen LogP contribution in [0.1, 0.15) is 22.3 Å². The van der Waals surface area contributed by atoms with Gasteiger partial charge in [0, 0.05) is 18.7 Å². The highest BCUT2D eigenvalue weighted by atomic mass is 32.2. The molecule has 8 heteroatoms. The molecule has 114 valence electrons. The number of hydrogen-bond donors (Lipinski definition) is 2. The molecule has 1 saturated heterocycles. The van der Waals surface area contributed by atoms with E-state index in [0.29, 0.717) is 24.1 Å². The minimum absolute atomic E-state index is 0.0242. The van der Waals surface area contributed by atoms with Crippen LogP contribution in [0.2, 0.25) is 0 Å². The van der Waals surface area contributed by atoms with Crippen molar-refractivity contribution in [3.05, 3.63) is 29.3 Å². The Labute approximate surface area is 122 Å². The third kappa shape index (κ3) is 3.22. The molecule has 1 aromatic rings. The highest BCUT2D eigenvalue weighted by Crippen LogP contribution is 2.21. The normalized spacial score (nSPS) is 18.8. The van der Waals surface area contributed by atoms with Gasteiger partial charge in [-0.15, -0.1) is 0 Å². The maximum atomic E-state index is 12.3. The van der Waals surface area contributed by atoms with Gasteiger partial charge in [-0.25, -0.2) is 13.6 Å². The first-order chi connectivity index (χ1) is 9.70. The van der Waals surface area contributed by atoms with Gasteiger partial charge in [-0.05, 0) is 37.1 Å². The Morgan fingerprint density at radius 2 is 2.05 bits per heavy atom. The monoisotopic (exact) mass is 312 g/mol. The lowest BCUT2D eigenvalue weighted by molar-refractivity contribution is -0.141. The molecule has 2 rings (SSSR count).